The summed E-state index contributed by atoms with van der Waals surface area (Å²) < 4.78 is 1.82. The standard InChI is InChI=1S/C14H16ClN3/c1-18-9-11(8-17-18)14-5-2-12(15)6-10(14)7-16-13-3-4-13/h2,5-6,8-9,13,16H,3-4,7H2,1H3. The van der Waals surface area contributed by atoms with Crippen molar-refractivity contribution in [3.05, 3.63) is 41.2 Å². The minimum atomic E-state index is 0.700. The lowest BCUT2D eigenvalue weighted by Crippen LogP contribution is -2.15. The molecular weight excluding hydrogens is 246 g/mol. The Bertz CT molecular complexity index is 558. The molecule has 1 fully saturated rings. The Hall–Kier alpha value is -1.32. The predicted molar refractivity (Wildman–Crippen MR) is 73.5 cm³/mol. The average Bonchev–Trinajstić information content (AvgIpc) is 3.08. The van der Waals surface area contributed by atoms with Gasteiger partial charge in [0.1, 0.15) is 0 Å². The number of rotatable bonds is 4. The minimum absolute atomic E-state index is 0.700. The zero-order chi connectivity index (χ0) is 12.5. The van der Waals surface area contributed by atoms with Gasteiger partial charge in [0.25, 0.3) is 0 Å². The monoisotopic (exact) mass is 261 g/mol. The van der Waals surface area contributed by atoms with Gasteiger partial charge in [0.2, 0.25) is 0 Å². The number of nitrogens with one attached hydrogen (secondary N) is 1. The van der Waals surface area contributed by atoms with Gasteiger partial charge in [-0.25, -0.2) is 0 Å². The Morgan fingerprint density at radius 1 is 1.44 bits per heavy atom. The molecule has 1 saturated carbocycles. The molecule has 0 aliphatic heterocycles. The van der Waals surface area contributed by atoms with E-state index >= 15 is 0 Å². The molecule has 1 aliphatic rings. The topological polar surface area (TPSA) is 29.9 Å². The molecule has 3 nitrogen and oxygen atoms in total. The van der Waals surface area contributed by atoms with E-state index in [4.69, 9.17) is 11.6 Å². The highest BCUT2D eigenvalue weighted by atomic mass is 35.5. The fourth-order valence-corrected chi connectivity index (χ4v) is 2.29. The second-order valence-electron chi connectivity index (χ2n) is 4.86. The van der Waals surface area contributed by atoms with Gasteiger partial charge in [-0.2, -0.15) is 5.10 Å². The molecule has 0 spiro atoms. The van der Waals surface area contributed by atoms with Gasteiger partial charge in [0, 0.05) is 36.4 Å². The van der Waals surface area contributed by atoms with Crippen molar-refractivity contribution in [2.75, 3.05) is 0 Å². The van der Waals surface area contributed by atoms with Crippen LogP contribution in [0.2, 0.25) is 5.02 Å². The molecule has 0 amide bonds. The van der Waals surface area contributed by atoms with Crippen LogP contribution in [0.1, 0.15) is 18.4 Å². The molecule has 0 bridgehead atoms. The Morgan fingerprint density at radius 2 is 2.28 bits per heavy atom. The molecule has 1 heterocycles. The largest absolute Gasteiger partial charge is 0.310 e. The number of aryl methyl sites for hydroxylation is 1. The van der Waals surface area contributed by atoms with Gasteiger partial charge in [-0.15, -0.1) is 0 Å². The van der Waals surface area contributed by atoms with Gasteiger partial charge in [-0.1, -0.05) is 17.7 Å². The third-order valence-corrected chi connectivity index (χ3v) is 3.48. The van der Waals surface area contributed by atoms with Gasteiger partial charge in [-0.05, 0) is 36.1 Å². The van der Waals surface area contributed by atoms with Crippen LogP contribution in [0.15, 0.2) is 30.6 Å². The molecule has 1 aliphatic carbocycles. The summed E-state index contributed by atoms with van der Waals surface area (Å²) in [6.45, 7) is 0.870. The molecule has 0 atom stereocenters. The van der Waals surface area contributed by atoms with E-state index in [1.165, 1.54) is 24.0 Å². The van der Waals surface area contributed by atoms with Crippen molar-refractivity contribution in [3.63, 3.8) is 0 Å². The van der Waals surface area contributed by atoms with Gasteiger partial charge in [-0.3, -0.25) is 4.68 Å². The second-order valence-corrected chi connectivity index (χ2v) is 5.30. The number of aromatic nitrogens is 2. The molecule has 94 valence electrons. The Kier molecular flexibility index (Phi) is 3.10. The summed E-state index contributed by atoms with van der Waals surface area (Å²) in [4.78, 5) is 0. The van der Waals surface area contributed by atoms with Gasteiger partial charge in [0.05, 0.1) is 6.20 Å². The number of nitrogens with zero attached hydrogens (tertiary/aromatic N) is 2. The quantitative estimate of drug-likeness (QED) is 0.917. The van der Waals surface area contributed by atoms with Gasteiger partial charge in [0.15, 0.2) is 0 Å². The third kappa shape index (κ3) is 2.57. The van der Waals surface area contributed by atoms with Crippen molar-refractivity contribution >= 4 is 11.6 Å². The van der Waals surface area contributed by atoms with E-state index in [2.05, 4.69) is 16.5 Å². The first kappa shape index (κ1) is 11.8. The van der Waals surface area contributed by atoms with Crippen LogP contribution in [0.5, 0.6) is 0 Å². The maximum atomic E-state index is 6.09. The first-order valence-electron chi connectivity index (χ1n) is 6.23. The van der Waals surface area contributed by atoms with E-state index in [0.29, 0.717) is 6.04 Å². The molecule has 1 aromatic heterocycles. The molecule has 0 unspecified atom stereocenters. The van der Waals surface area contributed by atoms with Crippen LogP contribution < -0.4 is 5.32 Å². The van der Waals surface area contributed by atoms with Crippen molar-refractivity contribution in [2.24, 2.45) is 7.05 Å². The van der Waals surface area contributed by atoms with Crippen molar-refractivity contribution in [2.45, 2.75) is 25.4 Å². The number of halogens is 1. The second kappa shape index (κ2) is 4.75. The van der Waals surface area contributed by atoms with Crippen LogP contribution in [0.3, 0.4) is 0 Å². The molecule has 1 aromatic carbocycles. The van der Waals surface area contributed by atoms with Crippen LogP contribution in [0.25, 0.3) is 11.1 Å². The lowest BCUT2D eigenvalue weighted by atomic mass is 10.0. The van der Waals surface area contributed by atoms with E-state index < -0.39 is 0 Å². The molecule has 0 saturated heterocycles. The number of benzene rings is 1. The maximum absolute atomic E-state index is 6.09. The van der Waals surface area contributed by atoms with E-state index in [-0.39, 0.29) is 0 Å². The van der Waals surface area contributed by atoms with Crippen LogP contribution in [0, 0.1) is 0 Å². The van der Waals surface area contributed by atoms with Crippen LogP contribution in [-0.2, 0) is 13.6 Å². The van der Waals surface area contributed by atoms with Crippen molar-refractivity contribution in [3.8, 4) is 11.1 Å². The molecule has 18 heavy (non-hydrogen) atoms. The summed E-state index contributed by atoms with van der Waals surface area (Å²) in [6, 6.07) is 6.75. The summed E-state index contributed by atoms with van der Waals surface area (Å²) in [7, 11) is 1.93. The molecule has 1 N–H and O–H groups in total. The van der Waals surface area contributed by atoms with Gasteiger partial charge >= 0.3 is 0 Å². The smallest absolute Gasteiger partial charge is 0.0568 e. The van der Waals surface area contributed by atoms with E-state index in [1.54, 1.807) is 0 Å². The van der Waals surface area contributed by atoms with E-state index in [0.717, 1.165) is 17.1 Å². The van der Waals surface area contributed by atoms with Crippen LogP contribution in [0.4, 0.5) is 0 Å². The third-order valence-electron chi connectivity index (χ3n) is 3.24. The minimum Gasteiger partial charge on any atom is -0.310 e. The summed E-state index contributed by atoms with van der Waals surface area (Å²) >= 11 is 6.09. The van der Waals surface area contributed by atoms with Crippen molar-refractivity contribution in [1.29, 1.82) is 0 Å². The van der Waals surface area contributed by atoms with Crippen molar-refractivity contribution < 1.29 is 0 Å². The van der Waals surface area contributed by atoms with Gasteiger partial charge < -0.3 is 5.32 Å². The summed E-state index contributed by atoms with van der Waals surface area (Å²) in [5.74, 6) is 0. The average molecular weight is 262 g/mol. The molecular formula is C14H16ClN3. The SMILES string of the molecule is Cn1cc(-c2ccc(Cl)cc2CNC2CC2)cn1. The Labute approximate surface area is 112 Å². The van der Waals surface area contributed by atoms with E-state index in [9.17, 15) is 0 Å². The predicted octanol–water partition coefficient (Wildman–Crippen LogP) is 2.99. The molecule has 2 aromatic rings. The fraction of sp³-hybridized carbons (Fsp3) is 0.357. The summed E-state index contributed by atoms with van der Waals surface area (Å²) in [6.07, 6.45) is 6.51. The Morgan fingerprint density at radius 3 is 2.94 bits per heavy atom. The lowest BCUT2D eigenvalue weighted by molar-refractivity contribution is 0.689. The first-order valence-corrected chi connectivity index (χ1v) is 6.61. The van der Waals surface area contributed by atoms with E-state index in [1.807, 2.05) is 36.3 Å². The zero-order valence-electron chi connectivity index (χ0n) is 10.4. The van der Waals surface area contributed by atoms with Crippen molar-refractivity contribution in [1.82, 2.24) is 15.1 Å². The first-order chi connectivity index (χ1) is 8.72. The Balaban J connectivity index is 1.91. The molecule has 4 heteroatoms. The zero-order valence-corrected chi connectivity index (χ0v) is 11.1. The highest BCUT2D eigenvalue weighted by Crippen LogP contribution is 2.27. The molecule has 3 rings (SSSR count). The van der Waals surface area contributed by atoms with Crippen LogP contribution in [-0.4, -0.2) is 15.8 Å². The summed E-state index contributed by atoms with van der Waals surface area (Å²) in [5, 5.41) is 8.55. The number of hydrogen-bond acceptors (Lipinski definition) is 2. The molecule has 0 radical (unpaired) electrons. The maximum Gasteiger partial charge on any atom is 0.0568 e. The fourth-order valence-electron chi connectivity index (χ4n) is 2.09. The highest BCUT2D eigenvalue weighted by molar-refractivity contribution is 6.30. The van der Waals surface area contributed by atoms with Crippen LogP contribution >= 0.6 is 11.6 Å². The highest BCUT2D eigenvalue weighted by Gasteiger charge is 2.20. The number of hydrogen-bond donors (Lipinski definition) is 1. The summed E-state index contributed by atoms with van der Waals surface area (Å²) in [5.41, 5.74) is 3.59. The normalized spacial score (nSPS) is 15.0. The lowest BCUT2D eigenvalue weighted by Gasteiger charge is -2.09.